The lowest BCUT2D eigenvalue weighted by atomic mass is 10.00. The van der Waals surface area contributed by atoms with E-state index < -0.39 is 11.7 Å². The minimum absolute atomic E-state index is 0.144. The van der Waals surface area contributed by atoms with Crippen LogP contribution in [0.15, 0.2) is 48.5 Å². The van der Waals surface area contributed by atoms with Gasteiger partial charge in [-0.15, -0.1) is 0 Å². The standard InChI is InChI=1S/C27H34F3N3O2/c28-27(29,30)22-7-11-25(12-8-22)35-24-9-5-21(6-10-24)26(34)31-15-4-16-32-19-13-23(14-20-32)33-17-2-1-3-18-33/h5-12,23H,1-4,13-20H2,(H,31,34). The van der Waals surface area contributed by atoms with E-state index in [2.05, 4.69) is 15.1 Å². The van der Waals surface area contributed by atoms with Crippen LogP contribution in [0.25, 0.3) is 0 Å². The van der Waals surface area contributed by atoms with E-state index in [4.69, 9.17) is 4.74 Å². The summed E-state index contributed by atoms with van der Waals surface area (Å²) in [4.78, 5) is 17.6. The normalized spacial score (nSPS) is 18.4. The lowest BCUT2D eigenvalue weighted by molar-refractivity contribution is -0.137. The number of carbonyl (C=O) groups is 1. The Morgan fingerprint density at radius 3 is 2.09 bits per heavy atom. The number of nitrogens with zero attached hydrogens (tertiary/aromatic N) is 2. The number of rotatable bonds is 8. The number of hydrogen-bond acceptors (Lipinski definition) is 4. The molecule has 8 heteroatoms. The van der Waals surface area contributed by atoms with Gasteiger partial charge in [0.25, 0.3) is 5.91 Å². The summed E-state index contributed by atoms with van der Waals surface area (Å²) < 4.78 is 43.6. The van der Waals surface area contributed by atoms with E-state index in [1.54, 1.807) is 24.3 Å². The van der Waals surface area contributed by atoms with E-state index in [0.29, 0.717) is 23.6 Å². The number of piperidine rings is 2. The van der Waals surface area contributed by atoms with Gasteiger partial charge in [0.15, 0.2) is 0 Å². The lowest BCUT2D eigenvalue weighted by Crippen LogP contribution is -2.47. The van der Waals surface area contributed by atoms with Crippen LogP contribution < -0.4 is 10.1 Å². The third-order valence-electron chi connectivity index (χ3n) is 6.93. The summed E-state index contributed by atoms with van der Waals surface area (Å²) in [6.45, 7) is 6.41. The summed E-state index contributed by atoms with van der Waals surface area (Å²) in [5.74, 6) is 0.610. The molecule has 0 aliphatic carbocycles. The summed E-state index contributed by atoms with van der Waals surface area (Å²) in [5, 5.41) is 2.97. The molecular weight excluding hydrogens is 455 g/mol. The third kappa shape index (κ3) is 7.45. The summed E-state index contributed by atoms with van der Waals surface area (Å²) >= 11 is 0. The molecule has 1 N–H and O–H groups in total. The predicted molar refractivity (Wildman–Crippen MR) is 130 cm³/mol. The van der Waals surface area contributed by atoms with E-state index in [-0.39, 0.29) is 5.91 Å². The monoisotopic (exact) mass is 489 g/mol. The number of alkyl halides is 3. The number of halogens is 3. The van der Waals surface area contributed by atoms with Gasteiger partial charge in [0.2, 0.25) is 0 Å². The molecule has 5 nitrogen and oxygen atoms in total. The fourth-order valence-corrected chi connectivity index (χ4v) is 4.92. The molecule has 2 aromatic carbocycles. The minimum atomic E-state index is -4.38. The van der Waals surface area contributed by atoms with E-state index in [1.165, 1.54) is 57.3 Å². The molecule has 2 heterocycles. The fourth-order valence-electron chi connectivity index (χ4n) is 4.92. The second-order valence-electron chi connectivity index (χ2n) is 9.43. The molecule has 2 fully saturated rings. The van der Waals surface area contributed by atoms with Gasteiger partial charge in [0.05, 0.1) is 5.56 Å². The molecule has 0 saturated carbocycles. The van der Waals surface area contributed by atoms with Crippen molar-refractivity contribution in [1.82, 2.24) is 15.1 Å². The molecule has 2 aliphatic heterocycles. The molecule has 0 aromatic heterocycles. The van der Waals surface area contributed by atoms with Gasteiger partial charge in [-0.2, -0.15) is 13.2 Å². The molecule has 0 atom stereocenters. The van der Waals surface area contributed by atoms with Gasteiger partial charge in [0, 0.05) is 18.2 Å². The molecule has 0 bridgehead atoms. The first-order chi connectivity index (χ1) is 16.9. The Bertz CT molecular complexity index is 934. The van der Waals surface area contributed by atoms with Crippen molar-refractivity contribution in [2.75, 3.05) is 39.3 Å². The number of ether oxygens (including phenoxy) is 1. The van der Waals surface area contributed by atoms with E-state index in [0.717, 1.165) is 44.2 Å². The van der Waals surface area contributed by atoms with Gasteiger partial charge >= 0.3 is 6.18 Å². The Morgan fingerprint density at radius 2 is 1.49 bits per heavy atom. The highest BCUT2D eigenvalue weighted by atomic mass is 19.4. The molecule has 1 amide bonds. The van der Waals surface area contributed by atoms with E-state index in [1.807, 2.05) is 0 Å². The summed E-state index contributed by atoms with van der Waals surface area (Å²) in [6.07, 6.45) is 3.08. The van der Waals surface area contributed by atoms with Gasteiger partial charge in [-0.3, -0.25) is 4.79 Å². The minimum Gasteiger partial charge on any atom is -0.457 e. The highest BCUT2D eigenvalue weighted by molar-refractivity contribution is 5.94. The highest BCUT2D eigenvalue weighted by Gasteiger charge is 2.30. The van der Waals surface area contributed by atoms with Crippen LogP contribution in [0.4, 0.5) is 13.2 Å². The number of amides is 1. The molecule has 2 aliphatic rings. The van der Waals surface area contributed by atoms with Gasteiger partial charge in [-0.25, -0.2) is 0 Å². The first-order valence-corrected chi connectivity index (χ1v) is 12.6. The maximum atomic E-state index is 12.7. The van der Waals surface area contributed by atoms with Crippen LogP contribution in [0, 0.1) is 0 Å². The van der Waals surface area contributed by atoms with Crippen LogP contribution in [0.2, 0.25) is 0 Å². The maximum Gasteiger partial charge on any atom is 0.416 e. The molecule has 2 saturated heterocycles. The van der Waals surface area contributed by atoms with Crippen LogP contribution in [0.5, 0.6) is 11.5 Å². The van der Waals surface area contributed by atoms with E-state index in [9.17, 15) is 18.0 Å². The van der Waals surface area contributed by atoms with Crippen LogP contribution in [-0.4, -0.2) is 61.0 Å². The molecule has 0 spiro atoms. The largest absolute Gasteiger partial charge is 0.457 e. The van der Waals surface area contributed by atoms with Gasteiger partial charge in [-0.05, 0) is 113 Å². The summed E-state index contributed by atoms with van der Waals surface area (Å²) in [5.41, 5.74) is -0.203. The maximum absolute atomic E-state index is 12.7. The zero-order chi connectivity index (χ0) is 24.7. The molecule has 2 aromatic rings. The first kappa shape index (κ1) is 25.5. The second-order valence-corrected chi connectivity index (χ2v) is 9.43. The van der Waals surface area contributed by atoms with Crippen LogP contribution in [0.1, 0.15) is 54.4 Å². The number of nitrogens with one attached hydrogen (secondary N) is 1. The van der Waals surface area contributed by atoms with Crippen molar-refractivity contribution in [3.05, 3.63) is 59.7 Å². The highest BCUT2D eigenvalue weighted by Crippen LogP contribution is 2.31. The number of hydrogen-bond donors (Lipinski definition) is 1. The zero-order valence-corrected chi connectivity index (χ0v) is 20.0. The lowest BCUT2D eigenvalue weighted by Gasteiger charge is -2.40. The van der Waals surface area contributed by atoms with Crippen molar-refractivity contribution in [2.45, 2.75) is 50.7 Å². The molecule has 4 rings (SSSR count). The topological polar surface area (TPSA) is 44.8 Å². The van der Waals surface area contributed by atoms with Crippen molar-refractivity contribution in [2.24, 2.45) is 0 Å². The number of likely N-dealkylation sites (tertiary alicyclic amines) is 2. The fraction of sp³-hybridized carbons (Fsp3) is 0.519. The third-order valence-corrected chi connectivity index (χ3v) is 6.93. The van der Waals surface area contributed by atoms with Gasteiger partial charge < -0.3 is 19.9 Å². The Kier molecular flexibility index (Phi) is 8.68. The van der Waals surface area contributed by atoms with Crippen LogP contribution in [-0.2, 0) is 6.18 Å². The Balaban J connectivity index is 1.14. The second kappa shape index (κ2) is 11.9. The predicted octanol–water partition coefficient (Wildman–Crippen LogP) is 5.57. The average Bonchev–Trinajstić information content (AvgIpc) is 2.88. The van der Waals surface area contributed by atoms with Crippen molar-refractivity contribution in [3.8, 4) is 11.5 Å². The SMILES string of the molecule is O=C(NCCCN1CCC(N2CCCCC2)CC1)c1ccc(Oc2ccc(C(F)(F)F)cc2)cc1. The van der Waals surface area contributed by atoms with Crippen LogP contribution in [0.3, 0.4) is 0 Å². The van der Waals surface area contributed by atoms with Crippen molar-refractivity contribution in [1.29, 1.82) is 0 Å². The average molecular weight is 490 g/mol. The summed E-state index contributed by atoms with van der Waals surface area (Å²) in [7, 11) is 0. The van der Waals surface area contributed by atoms with Gasteiger partial charge in [-0.1, -0.05) is 6.42 Å². The molecule has 0 unspecified atom stereocenters. The molecule has 35 heavy (non-hydrogen) atoms. The Labute approximate surface area is 205 Å². The van der Waals surface area contributed by atoms with Crippen molar-refractivity contribution in [3.63, 3.8) is 0 Å². The molecular formula is C27H34F3N3O2. The van der Waals surface area contributed by atoms with E-state index >= 15 is 0 Å². The van der Waals surface area contributed by atoms with Crippen molar-refractivity contribution >= 4 is 5.91 Å². The smallest absolute Gasteiger partial charge is 0.416 e. The quantitative estimate of drug-likeness (QED) is 0.493. The van der Waals surface area contributed by atoms with Crippen molar-refractivity contribution < 1.29 is 22.7 Å². The summed E-state index contributed by atoms with van der Waals surface area (Å²) in [6, 6.07) is 11.8. The Morgan fingerprint density at radius 1 is 0.886 bits per heavy atom. The number of benzene rings is 2. The first-order valence-electron chi connectivity index (χ1n) is 12.6. The molecule has 190 valence electrons. The molecule has 0 radical (unpaired) electrons. The number of carbonyl (C=O) groups excluding carboxylic acids is 1. The zero-order valence-electron chi connectivity index (χ0n) is 20.0. The van der Waals surface area contributed by atoms with Crippen LogP contribution >= 0.6 is 0 Å². The van der Waals surface area contributed by atoms with Gasteiger partial charge in [0.1, 0.15) is 11.5 Å². The Hall–Kier alpha value is -2.58.